The van der Waals surface area contributed by atoms with Crippen LogP contribution in [0, 0.1) is 19.3 Å². The van der Waals surface area contributed by atoms with Crippen LogP contribution in [0.5, 0.6) is 5.88 Å². The van der Waals surface area contributed by atoms with Gasteiger partial charge >= 0.3 is 18.0 Å². The van der Waals surface area contributed by atoms with Crippen molar-refractivity contribution in [3.8, 4) is 5.88 Å². The lowest BCUT2D eigenvalue weighted by molar-refractivity contribution is -0.163. The van der Waals surface area contributed by atoms with Gasteiger partial charge in [-0.05, 0) is 45.7 Å². The summed E-state index contributed by atoms with van der Waals surface area (Å²) in [5.41, 5.74) is -0.0338. The van der Waals surface area contributed by atoms with E-state index < -0.39 is 29.0 Å². The first-order valence-corrected chi connectivity index (χ1v) is 8.93. The number of aliphatic carboxylic acids is 2. The SMILES string of the molecule is Cc1nc(OCCNC(=O)OC(C)(C)C)c(C)c2c1CC(C(=O)O)(C(=O)O)C2. The van der Waals surface area contributed by atoms with Gasteiger partial charge in [0.25, 0.3) is 0 Å². The van der Waals surface area contributed by atoms with Gasteiger partial charge in [0.05, 0.1) is 6.54 Å². The average molecular weight is 394 g/mol. The molecular weight excluding hydrogens is 368 g/mol. The third-order valence-corrected chi connectivity index (χ3v) is 4.63. The molecule has 0 atom stereocenters. The van der Waals surface area contributed by atoms with Crippen LogP contribution in [0.2, 0.25) is 0 Å². The van der Waals surface area contributed by atoms with Gasteiger partial charge in [-0.3, -0.25) is 9.59 Å². The van der Waals surface area contributed by atoms with Crippen molar-refractivity contribution in [3.05, 3.63) is 22.4 Å². The summed E-state index contributed by atoms with van der Waals surface area (Å²) in [7, 11) is 0. The molecule has 3 N–H and O–H groups in total. The first-order valence-electron chi connectivity index (χ1n) is 8.93. The van der Waals surface area contributed by atoms with Gasteiger partial charge in [0, 0.05) is 24.1 Å². The van der Waals surface area contributed by atoms with Crippen molar-refractivity contribution >= 4 is 18.0 Å². The van der Waals surface area contributed by atoms with Gasteiger partial charge < -0.3 is 25.0 Å². The molecule has 0 unspecified atom stereocenters. The number of carboxylic acid groups (broad SMARTS) is 2. The van der Waals surface area contributed by atoms with Crippen LogP contribution < -0.4 is 10.1 Å². The van der Waals surface area contributed by atoms with E-state index in [1.165, 1.54) is 0 Å². The second kappa shape index (κ2) is 7.65. The van der Waals surface area contributed by atoms with Gasteiger partial charge in [0.1, 0.15) is 12.2 Å². The number of aromatic nitrogens is 1. The van der Waals surface area contributed by atoms with Gasteiger partial charge in [-0.15, -0.1) is 0 Å². The number of rotatable bonds is 6. The first kappa shape index (κ1) is 21.5. The zero-order chi connectivity index (χ0) is 21.3. The molecule has 0 saturated heterocycles. The summed E-state index contributed by atoms with van der Waals surface area (Å²) in [6.07, 6.45) is -0.777. The number of aryl methyl sites for hydroxylation is 1. The predicted molar refractivity (Wildman–Crippen MR) is 98.6 cm³/mol. The topological polar surface area (TPSA) is 135 Å². The Morgan fingerprint density at radius 1 is 1.11 bits per heavy atom. The Labute approximate surface area is 163 Å². The first-order chi connectivity index (χ1) is 12.9. The molecule has 9 nitrogen and oxygen atoms in total. The van der Waals surface area contributed by atoms with Crippen LogP contribution in [-0.2, 0) is 27.2 Å². The van der Waals surface area contributed by atoms with E-state index >= 15 is 0 Å². The van der Waals surface area contributed by atoms with E-state index in [1.807, 2.05) is 0 Å². The minimum atomic E-state index is -1.88. The number of ether oxygens (including phenoxy) is 2. The summed E-state index contributed by atoms with van der Waals surface area (Å²) in [4.78, 5) is 39.2. The highest BCUT2D eigenvalue weighted by Gasteiger charge is 2.52. The molecule has 28 heavy (non-hydrogen) atoms. The molecule has 0 radical (unpaired) electrons. The van der Waals surface area contributed by atoms with Crippen LogP contribution in [0.3, 0.4) is 0 Å². The minimum Gasteiger partial charge on any atom is -0.480 e. The van der Waals surface area contributed by atoms with Crippen molar-refractivity contribution in [1.82, 2.24) is 10.3 Å². The maximum atomic E-state index is 11.6. The van der Waals surface area contributed by atoms with Gasteiger partial charge in [0.2, 0.25) is 5.88 Å². The molecule has 0 spiro atoms. The van der Waals surface area contributed by atoms with Gasteiger partial charge in [0.15, 0.2) is 5.41 Å². The highest BCUT2D eigenvalue weighted by molar-refractivity contribution is 6.00. The Hall–Kier alpha value is -2.84. The largest absolute Gasteiger partial charge is 0.480 e. The average Bonchev–Trinajstić information content (AvgIpc) is 2.97. The lowest BCUT2D eigenvalue weighted by Gasteiger charge is -2.19. The Kier molecular flexibility index (Phi) is 5.86. The predicted octanol–water partition coefficient (Wildman–Crippen LogP) is 1.86. The summed E-state index contributed by atoms with van der Waals surface area (Å²) >= 11 is 0. The number of alkyl carbamates (subject to hydrolysis) is 1. The molecule has 1 aliphatic carbocycles. The van der Waals surface area contributed by atoms with Crippen LogP contribution in [-0.4, -0.2) is 52.0 Å². The number of amides is 1. The van der Waals surface area contributed by atoms with E-state index in [-0.39, 0.29) is 26.0 Å². The third kappa shape index (κ3) is 4.35. The molecule has 1 amide bonds. The number of nitrogens with zero attached hydrogens (tertiary/aromatic N) is 1. The zero-order valence-corrected chi connectivity index (χ0v) is 16.7. The van der Waals surface area contributed by atoms with E-state index in [9.17, 15) is 24.6 Å². The Bertz CT molecular complexity index is 797. The van der Waals surface area contributed by atoms with Crippen LogP contribution in [0.1, 0.15) is 43.2 Å². The van der Waals surface area contributed by atoms with Crippen molar-refractivity contribution in [2.75, 3.05) is 13.2 Å². The maximum absolute atomic E-state index is 11.6. The lowest BCUT2D eigenvalue weighted by atomic mass is 9.84. The van der Waals surface area contributed by atoms with Gasteiger partial charge in [-0.2, -0.15) is 0 Å². The second-order valence-electron chi connectivity index (χ2n) is 7.91. The van der Waals surface area contributed by atoms with Crippen molar-refractivity contribution < 1.29 is 34.1 Å². The Morgan fingerprint density at radius 2 is 1.68 bits per heavy atom. The number of hydrogen-bond acceptors (Lipinski definition) is 6. The van der Waals surface area contributed by atoms with Gasteiger partial charge in [-0.1, -0.05) is 0 Å². The van der Waals surface area contributed by atoms with Crippen LogP contribution in [0.15, 0.2) is 0 Å². The van der Waals surface area contributed by atoms with Crippen molar-refractivity contribution in [2.24, 2.45) is 5.41 Å². The smallest absolute Gasteiger partial charge is 0.407 e. The molecule has 0 bridgehead atoms. The number of hydrogen-bond donors (Lipinski definition) is 3. The van der Waals surface area contributed by atoms with Crippen LogP contribution in [0.25, 0.3) is 0 Å². The van der Waals surface area contributed by atoms with Crippen LogP contribution in [0.4, 0.5) is 4.79 Å². The van der Waals surface area contributed by atoms with E-state index in [1.54, 1.807) is 34.6 Å². The molecule has 1 aromatic heterocycles. The standard InChI is InChI=1S/C19H26N2O7/c1-10-12-8-19(15(22)23,16(24)25)9-13(12)11(2)21-14(10)27-7-6-20-17(26)28-18(3,4)5/h6-9H2,1-5H3,(H,20,26)(H,22,23)(H,24,25). The fraction of sp³-hybridized carbons (Fsp3) is 0.579. The summed E-state index contributed by atoms with van der Waals surface area (Å²) in [6, 6.07) is 0. The quantitative estimate of drug-likeness (QED) is 0.491. The molecular formula is C19H26N2O7. The summed E-state index contributed by atoms with van der Waals surface area (Å²) in [6.45, 7) is 9.04. The molecule has 2 rings (SSSR count). The van der Waals surface area contributed by atoms with E-state index in [0.29, 0.717) is 28.3 Å². The molecule has 1 aliphatic rings. The van der Waals surface area contributed by atoms with Crippen molar-refractivity contribution in [1.29, 1.82) is 0 Å². The summed E-state index contributed by atoms with van der Waals surface area (Å²) in [5, 5.41) is 21.5. The normalized spacial score (nSPS) is 14.9. The number of fused-ring (bicyclic) bond motifs is 1. The second-order valence-corrected chi connectivity index (χ2v) is 7.91. The molecule has 9 heteroatoms. The van der Waals surface area contributed by atoms with Crippen molar-refractivity contribution in [3.63, 3.8) is 0 Å². The minimum absolute atomic E-state index is 0.104. The maximum Gasteiger partial charge on any atom is 0.407 e. The number of carbonyl (C=O) groups is 3. The number of nitrogens with one attached hydrogen (secondary N) is 1. The van der Waals surface area contributed by atoms with Crippen molar-refractivity contribution in [2.45, 2.75) is 53.1 Å². The fourth-order valence-corrected chi connectivity index (χ4v) is 3.17. The number of carbonyl (C=O) groups excluding carboxylic acids is 1. The Morgan fingerprint density at radius 3 is 2.21 bits per heavy atom. The zero-order valence-electron chi connectivity index (χ0n) is 16.7. The monoisotopic (exact) mass is 394 g/mol. The molecule has 0 aromatic carbocycles. The molecule has 154 valence electrons. The molecule has 0 aliphatic heterocycles. The van der Waals surface area contributed by atoms with E-state index in [2.05, 4.69) is 10.3 Å². The number of carboxylic acids is 2. The molecule has 1 heterocycles. The highest BCUT2D eigenvalue weighted by Crippen LogP contribution is 2.42. The lowest BCUT2D eigenvalue weighted by Crippen LogP contribution is -2.40. The number of pyridine rings is 1. The van der Waals surface area contributed by atoms with E-state index in [4.69, 9.17) is 9.47 Å². The fourth-order valence-electron chi connectivity index (χ4n) is 3.17. The highest BCUT2D eigenvalue weighted by atomic mass is 16.6. The summed E-state index contributed by atoms with van der Waals surface area (Å²) in [5.74, 6) is -2.42. The van der Waals surface area contributed by atoms with E-state index in [0.717, 1.165) is 0 Å². The third-order valence-electron chi connectivity index (χ3n) is 4.63. The molecule has 1 aromatic rings. The molecule has 0 saturated carbocycles. The Balaban J connectivity index is 2.09. The van der Waals surface area contributed by atoms with Crippen LogP contribution >= 0.6 is 0 Å². The molecule has 0 fully saturated rings. The summed E-state index contributed by atoms with van der Waals surface area (Å²) < 4.78 is 10.8. The van der Waals surface area contributed by atoms with Gasteiger partial charge in [-0.25, -0.2) is 9.78 Å².